The SMILES string of the molecule is O=C(O)c1ccc2c(c1)CN(c1nncs1)C2. The highest BCUT2D eigenvalue weighted by Gasteiger charge is 2.22. The molecule has 0 saturated carbocycles. The number of rotatable bonds is 2. The van der Waals surface area contributed by atoms with Gasteiger partial charge in [-0.3, -0.25) is 0 Å². The van der Waals surface area contributed by atoms with Crippen LogP contribution in [0.15, 0.2) is 23.7 Å². The minimum Gasteiger partial charge on any atom is -0.478 e. The molecule has 0 unspecified atom stereocenters. The van der Waals surface area contributed by atoms with Crippen molar-refractivity contribution >= 4 is 22.4 Å². The summed E-state index contributed by atoms with van der Waals surface area (Å²) < 4.78 is 0. The molecule has 1 aromatic carbocycles. The van der Waals surface area contributed by atoms with Gasteiger partial charge < -0.3 is 10.0 Å². The van der Waals surface area contributed by atoms with Crippen LogP contribution in [0.3, 0.4) is 0 Å². The summed E-state index contributed by atoms with van der Waals surface area (Å²) in [6.07, 6.45) is 0. The number of aromatic carboxylic acids is 1. The standard InChI is InChI=1S/C11H9N3O2S/c15-10(16)7-1-2-8-4-14(5-9(8)3-7)11-13-12-6-17-11/h1-3,6H,4-5H2,(H,15,16). The molecule has 2 aromatic rings. The van der Waals surface area contributed by atoms with E-state index >= 15 is 0 Å². The first-order chi connectivity index (χ1) is 8.24. The topological polar surface area (TPSA) is 66.3 Å². The maximum absolute atomic E-state index is 10.9. The quantitative estimate of drug-likeness (QED) is 0.875. The highest BCUT2D eigenvalue weighted by Crippen LogP contribution is 2.29. The van der Waals surface area contributed by atoms with Crippen LogP contribution >= 0.6 is 11.3 Å². The van der Waals surface area contributed by atoms with Crippen molar-refractivity contribution in [3.05, 3.63) is 40.4 Å². The van der Waals surface area contributed by atoms with E-state index in [0.29, 0.717) is 12.1 Å². The Hall–Kier alpha value is -1.95. The normalized spacial score (nSPS) is 13.8. The highest BCUT2D eigenvalue weighted by atomic mass is 32.1. The molecule has 0 amide bonds. The first kappa shape index (κ1) is 10.2. The lowest BCUT2D eigenvalue weighted by Crippen LogP contribution is -2.13. The average Bonchev–Trinajstić information content (AvgIpc) is 2.96. The van der Waals surface area contributed by atoms with Crippen LogP contribution in [0.4, 0.5) is 5.13 Å². The van der Waals surface area contributed by atoms with Crippen molar-refractivity contribution in [3.63, 3.8) is 0 Å². The first-order valence-corrected chi connectivity index (χ1v) is 5.98. The van der Waals surface area contributed by atoms with Gasteiger partial charge in [-0.2, -0.15) is 0 Å². The number of nitrogens with zero attached hydrogens (tertiary/aromatic N) is 3. The molecule has 1 aliphatic rings. The van der Waals surface area contributed by atoms with E-state index in [-0.39, 0.29) is 0 Å². The predicted molar refractivity (Wildman–Crippen MR) is 63.2 cm³/mol. The summed E-state index contributed by atoms with van der Waals surface area (Å²) in [5.74, 6) is -0.887. The average molecular weight is 247 g/mol. The van der Waals surface area contributed by atoms with E-state index in [9.17, 15) is 4.79 Å². The van der Waals surface area contributed by atoms with Gasteiger partial charge in [0, 0.05) is 13.1 Å². The fourth-order valence-corrected chi connectivity index (χ4v) is 2.53. The number of carboxylic acids is 1. The molecule has 1 aliphatic heterocycles. The first-order valence-electron chi connectivity index (χ1n) is 5.10. The lowest BCUT2D eigenvalue weighted by atomic mass is 10.1. The zero-order valence-corrected chi connectivity index (χ0v) is 9.65. The zero-order chi connectivity index (χ0) is 11.8. The highest BCUT2D eigenvalue weighted by molar-refractivity contribution is 7.13. The molecule has 1 aromatic heterocycles. The summed E-state index contributed by atoms with van der Waals surface area (Å²) in [5, 5.41) is 17.6. The minimum absolute atomic E-state index is 0.336. The molecule has 86 valence electrons. The van der Waals surface area contributed by atoms with Gasteiger partial charge in [0.05, 0.1) is 5.56 Å². The van der Waals surface area contributed by atoms with Gasteiger partial charge in [-0.1, -0.05) is 17.4 Å². The van der Waals surface area contributed by atoms with E-state index in [1.54, 1.807) is 17.6 Å². The Balaban J connectivity index is 1.91. The van der Waals surface area contributed by atoms with E-state index in [4.69, 9.17) is 5.11 Å². The van der Waals surface area contributed by atoms with Gasteiger partial charge >= 0.3 is 5.97 Å². The lowest BCUT2D eigenvalue weighted by Gasteiger charge is -2.11. The zero-order valence-electron chi connectivity index (χ0n) is 8.83. The van der Waals surface area contributed by atoms with Gasteiger partial charge in [0.25, 0.3) is 0 Å². The molecule has 0 spiro atoms. The van der Waals surface area contributed by atoms with Gasteiger partial charge in [-0.25, -0.2) is 4.79 Å². The van der Waals surface area contributed by atoms with E-state index in [1.165, 1.54) is 11.3 Å². The Morgan fingerprint density at radius 3 is 2.88 bits per heavy atom. The molecule has 5 nitrogen and oxygen atoms in total. The summed E-state index contributed by atoms with van der Waals surface area (Å²) in [7, 11) is 0. The monoisotopic (exact) mass is 247 g/mol. The van der Waals surface area contributed by atoms with Crippen LogP contribution in [-0.4, -0.2) is 21.3 Å². The summed E-state index contributed by atoms with van der Waals surface area (Å²) in [6, 6.07) is 5.25. The van der Waals surface area contributed by atoms with Crippen molar-refractivity contribution in [2.75, 3.05) is 4.90 Å². The van der Waals surface area contributed by atoms with Gasteiger partial charge in [0.1, 0.15) is 5.51 Å². The van der Waals surface area contributed by atoms with Crippen LogP contribution in [-0.2, 0) is 13.1 Å². The van der Waals surface area contributed by atoms with Gasteiger partial charge in [0.2, 0.25) is 5.13 Å². The lowest BCUT2D eigenvalue weighted by molar-refractivity contribution is 0.0697. The molecule has 2 heterocycles. The Labute approximate surface area is 101 Å². The Morgan fingerprint density at radius 1 is 1.35 bits per heavy atom. The van der Waals surface area contributed by atoms with Crippen molar-refractivity contribution in [3.8, 4) is 0 Å². The summed E-state index contributed by atoms with van der Waals surface area (Å²) in [6.45, 7) is 1.47. The van der Waals surface area contributed by atoms with Gasteiger partial charge in [-0.05, 0) is 23.3 Å². The molecule has 6 heteroatoms. The van der Waals surface area contributed by atoms with Crippen LogP contribution in [0.2, 0.25) is 0 Å². The molecule has 0 saturated heterocycles. The summed E-state index contributed by atoms with van der Waals surface area (Å²) in [4.78, 5) is 13.0. The largest absolute Gasteiger partial charge is 0.478 e. The van der Waals surface area contributed by atoms with E-state index in [2.05, 4.69) is 15.1 Å². The fraction of sp³-hybridized carbons (Fsp3) is 0.182. The van der Waals surface area contributed by atoms with Gasteiger partial charge in [0.15, 0.2) is 0 Å². The van der Waals surface area contributed by atoms with Crippen molar-refractivity contribution in [1.82, 2.24) is 10.2 Å². The number of carboxylic acid groups (broad SMARTS) is 1. The number of carbonyl (C=O) groups is 1. The molecule has 17 heavy (non-hydrogen) atoms. The number of hydrogen-bond acceptors (Lipinski definition) is 5. The third-order valence-corrected chi connectivity index (χ3v) is 3.55. The van der Waals surface area contributed by atoms with Crippen LogP contribution in [0.25, 0.3) is 0 Å². The molecule has 3 rings (SSSR count). The molecular weight excluding hydrogens is 238 g/mol. The van der Waals surface area contributed by atoms with E-state index < -0.39 is 5.97 Å². The molecule has 0 bridgehead atoms. The molecule has 0 aliphatic carbocycles. The number of aromatic nitrogens is 2. The predicted octanol–water partition coefficient (Wildman–Crippen LogP) is 1.76. The van der Waals surface area contributed by atoms with Crippen molar-refractivity contribution < 1.29 is 9.90 Å². The van der Waals surface area contributed by atoms with E-state index in [1.807, 2.05) is 6.07 Å². The maximum Gasteiger partial charge on any atom is 0.335 e. The minimum atomic E-state index is -0.887. The second-order valence-electron chi connectivity index (χ2n) is 3.87. The second-order valence-corrected chi connectivity index (χ2v) is 4.68. The van der Waals surface area contributed by atoms with Crippen molar-refractivity contribution in [2.24, 2.45) is 0 Å². The van der Waals surface area contributed by atoms with Crippen molar-refractivity contribution in [1.29, 1.82) is 0 Å². The van der Waals surface area contributed by atoms with Crippen LogP contribution in [0, 0.1) is 0 Å². The molecule has 0 atom stereocenters. The van der Waals surface area contributed by atoms with E-state index in [0.717, 1.165) is 22.8 Å². The molecule has 0 radical (unpaired) electrons. The third kappa shape index (κ3) is 1.76. The number of anilines is 1. The summed E-state index contributed by atoms with van der Waals surface area (Å²) in [5.41, 5.74) is 4.24. The number of benzene rings is 1. The molecule has 1 N–H and O–H groups in total. The second kappa shape index (κ2) is 3.81. The van der Waals surface area contributed by atoms with Gasteiger partial charge in [-0.15, -0.1) is 10.2 Å². The molecular formula is C11H9N3O2S. The van der Waals surface area contributed by atoms with Crippen LogP contribution in [0.1, 0.15) is 21.5 Å². The Morgan fingerprint density at radius 2 is 2.18 bits per heavy atom. The third-order valence-electron chi connectivity index (χ3n) is 2.79. The van der Waals surface area contributed by atoms with Crippen molar-refractivity contribution in [2.45, 2.75) is 13.1 Å². The fourth-order valence-electron chi connectivity index (χ4n) is 1.97. The Kier molecular flexibility index (Phi) is 2.29. The Bertz CT molecular complexity index is 568. The maximum atomic E-state index is 10.9. The van der Waals surface area contributed by atoms with Crippen LogP contribution in [0.5, 0.6) is 0 Å². The smallest absolute Gasteiger partial charge is 0.335 e. The number of hydrogen-bond donors (Lipinski definition) is 1. The number of fused-ring (bicyclic) bond motifs is 1. The van der Waals surface area contributed by atoms with Crippen LogP contribution < -0.4 is 4.90 Å². The summed E-state index contributed by atoms with van der Waals surface area (Å²) >= 11 is 1.49. The molecule has 0 fully saturated rings.